The van der Waals surface area contributed by atoms with E-state index in [1.807, 2.05) is 0 Å². The lowest BCUT2D eigenvalue weighted by molar-refractivity contribution is 0.354. The minimum Gasteiger partial charge on any atom is -0.302 e. The predicted molar refractivity (Wildman–Crippen MR) is 56.6 cm³/mol. The molecule has 0 bridgehead atoms. The molecule has 2 rings (SSSR count). The molecule has 0 spiro atoms. The lowest BCUT2D eigenvalue weighted by Gasteiger charge is -2.24. The van der Waals surface area contributed by atoms with Crippen molar-refractivity contribution >= 4 is 0 Å². The van der Waals surface area contributed by atoms with E-state index in [9.17, 15) is 0 Å². The van der Waals surface area contributed by atoms with Gasteiger partial charge in [0.2, 0.25) is 0 Å². The van der Waals surface area contributed by atoms with Crippen LogP contribution in [-0.2, 0) is 0 Å². The topological polar surface area (TPSA) is 3.24 Å². The van der Waals surface area contributed by atoms with E-state index in [1.54, 1.807) is 0 Å². The molecule has 68 valence electrons. The Balaban J connectivity index is 2.31. The highest BCUT2D eigenvalue weighted by atomic mass is 15.1. The van der Waals surface area contributed by atoms with Crippen LogP contribution in [0.15, 0.2) is 47.6 Å². The summed E-state index contributed by atoms with van der Waals surface area (Å²) in [6.07, 6.45) is 9.78. The first-order chi connectivity index (χ1) is 6.25. The molecule has 0 aromatic carbocycles. The van der Waals surface area contributed by atoms with Gasteiger partial charge in [0.1, 0.15) is 0 Å². The van der Waals surface area contributed by atoms with E-state index in [-0.39, 0.29) is 0 Å². The minimum absolute atomic E-state index is 1.07. The summed E-state index contributed by atoms with van der Waals surface area (Å²) >= 11 is 0. The smallest absolute Gasteiger partial charge is 0.0233 e. The Morgan fingerprint density at radius 2 is 1.85 bits per heavy atom. The van der Waals surface area contributed by atoms with Crippen LogP contribution in [0.2, 0.25) is 0 Å². The van der Waals surface area contributed by atoms with Gasteiger partial charge in [0.15, 0.2) is 0 Å². The van der Waals surface area contributed by atoms with Crippen molar-refractivity contribution < 1.29 is 0 Å². The van der Waals surface area contributed by atoms with E-state index in [2.05, 4.69) is 42.8 Å². The first-order valence-corrected chi connectivity index (χ1v) is 4.71. The quantitative estimate of drug-likeness (QED) is 0.543. The normalized spacial score (nSPS) is 23.3. The molecule has 0 unspecified atom stereocenters. The standard InChI is InChI=1S/C12H15N/c1-10-3-5-11-7-8-13(2)9-12(11)6-4-10/h3-6H,1,7-9H2,2H3. The molecule has 0 radical (unpaired) electrons. The number of rotatable bonds is 0. The molecule has 1 nitrogen and oxygen atoms in total. The maximum atomic E-state index is 3.94. The molecule has 1 heterocycles. The van der Waals surface area contributed by atoms with Crippen LogP contribution in [0.1, 0.15) is 6.42 Å². The molecule has 0 atom stereocenters. The molecule has 0 fully saturated rings. The summed E-state index contributed by atoms with van der Waals surface area (Å²) in [5, 5.41) is 0. The summed E-state index contributed by atoms with van der Waals surface area (Å²) in [6, 6.07) is 0. The van der Waals surface area contributed by atoms with Gasteiger partial charge >= 0.3 is 0 Å². The minimum atomic E-state index is 1.07. The van der Waals surface area contributed by atoms with E-state index in [4.69, 9.17) is 0 Å². The summed E-state index contributed by atoms with van der Waals surface area (Å²) < 4.78 is 0. The first-order valence-electron chi connectivity index (χ1n) is 4.71. The average Bonchev–Trinajstić information content (AvgIpc) is 2.29. The zero-order chi connectivity index (χ0) is 9.26. The third-order valence-corrected chi connectivity index (χ3v) is 2.61. The molecule has 1 aliphatic carbocycles. The van der Waals surface area contributed by atoms with Crippen molar-refractivity contribution in [1.82, 2.24) is 4.90 Å². The van der Waals surface area contributed by atoms with Crippen molar-refractivity contribution in [3.63, 3.8) is 0 Å². The van der Waals surface area contributed by atoms with Crippen LogP contribution in [0.25, 0.3) is 0 Å². The van der Waals surface area contributed by atoms with E-state index in [1.165, 1.54) is 24.1 Å². The van der Waals surface area contributed by atoms with Gasteiger partial charge in [-0.3, -0.25) is 0 Å². The highest BCUT2D eigenvalue weighted by Gasteiger charge is 2.13. The lowest BCUT2D eigenvalue weighted by atomic mass is 10.0. The second kappa shape index (κ2) is 3.35. The van der Waals surface area contributed by atoms with Crippen LogP contribution < -0.4 is 0 Å². The molecule has 1 heteroatoms. The van der Waals surface area contributed by atoms with Gasteiger partial charge in [-0.25, -0.2) is 0 Å². The van der Waals surface area contributed by atoms with Gasteiger partial charge in [0.05, 0.1) is 0 Å². The summed E-state index contributed by atoms with van der Waals surface area (Å²) in [6.45, 7) is 6.18. The van der Waals surface area contributed by atoms with Gasteiger partial charge in [-0.05, 0) is 30.2 Å². The van der Waals surface area contributed by atoms with E-state index in [0.717, 1.165) is 12.1 Å². The SMILES string of the molecule is C=C1C=CC2=C(C=C1)CN(C)CC2. The first kappa shape index (κ1) is 8.52. The monoisotopic (exact) mass is 173 g/mol. The van der Waals surface area contributed by atoms with Gasteiger partial charge in [0.25, 0.3) is 0 Å². The van der Waals surface area contributed by atoms with Crippen LogP contribution in [0, 0.1) is 0 Å². The zero-order valence-corrected chi connectivity index (χ0v) is 8.09. The molecule has 0 aromatic rings. The third-order valence-electron chi connectivity index (χ3n) is 2.61. The Kier molecular flexibility index (Phi) is 2.19. The van der Waals surface area contributed by atoms with Crippen LogP contribution >= 0.6 is 0 Å². The van der Waals surface area contributed by atoms with E-state index < -0.39 is 0 Å². The fourth-order valence-electron chi connectivity index (χ4n) is 1.76. The molecule has 0 amide bonds. The molecule has 13 heavy (non-hydrogen) atoms. The predicted octanol–water partition coefficient (Wildman–Crippen LogP) is 2.30. The van der Waals surface area contributed by atoms with E-state index in [0.29, 0.717) is 0 Å². The number of nitrogens with zero attached hydrogens (tertiary/aromatic N) is 1. The maximum absolute atomic E-state index is 3.94. The molecule has 0 saturated carbocycles. The largest absolute Gasteiger partial charge is 0.302 e. The third kappa shape index (κ3) is 1.81. The number of hydrogen-bond acceptors (Lipinski definition) is 1. The highest BCUT2D eigenvalue weighted by Crippen LogP contribution is 2.22. The molecule has 0 aromatic heterocycles. The van der Waals surface area contributed by atoms with Crippen molar-refractivity contribution in [3.05, 3.63) is 47.6 Å². The maximum Gasteiger partial charge on any atom is 0.0233 e. The number of likely N-dealkylation sites (N-methyl/N-ethyl adjacent to an activating group) is 1. The molecule has 0 N–H and O–H groups in total. The summed E-state index contributed by atoms with van der Waals surface area (Å²) in [7, 11) is 2.17. The van der Waals surface area contributed by atoms with Gasteiger partial charge in [0, 0.05) is 13.1 Å². The highest BCUT2D eigenvalue weighted by molar-refractivity contribution is 5.45. The Morgan fingerprint density at radius 3 is 2.62 bits per heavy atom. The van der Waals surface area contributed by atoms with Crippen molar-refractivity contribution in [3.8, 4) is 0 Å². The van der Waals surface area contributed by atoms with Crippen LogP contribution in [0.5, 0.6) is 0 Å². The Bertz CT molecular complexity index is 318. The summed E-state index contributed by atoms with van der Waals surface area (Å²) in [5.74, 6) is 0. The number of hydrogen-bond donors (Lipinski definition) is 0. The molecule has 0 saturated heterocycles. The van der Waals surface area contributed by atoms with Crippen molar-refractivity contribution in [2.24, 2.45) is 0 Å². The molecule has 1 aliphatic heterocycles. The van der Waals surface area contributed by atoms with Crippen LogP contribution in [0.4, 0.5) is 0 Å². The number of allylic oxidation sites excluding steroid dienone is 4. The van der Waals surface area contributed by atoms with Crippen LogP contribution in [0.3, 0.4) is 0 Å². The van der Waals surface area contributed by atoms with Gasteiger partial charge in [-0.15, -0.1) is 0 Å². The second-order valence-corrected chi connectivity index (χ2v) is 3.78. The zero-order valence-electron chi connectivity index (χ0n) is 8.09. The Morgan fingerprint density at radius 1 is 1.15 bits per heavy atom. The summed E-state index contributed by atoms with van der Waals surface area (Å²) in [5.41, 5.74) is 4.02. The Hall–Kier alpha value is -1.08. The van der Waals surface area contributed by atoms with Crippen LogP contribution in [-0.4, -0.2) is 25.0 Å². The van der Waals surface area contributed by atoms with Gasteiger partial charge in [-0.2, -0.15) is 0 Å². The lowest BCUT2D eigenvalue weighted by Crippen LogP contribution is -2.26. The van der Waals surface area contributed by atoms with E-state index >= 15 is 0 Å². The molecule has 2 aliphatic rings. The van der Waals surface area contributed by atoms with Crippen molar-refractivity contribution in [2.45, 2.75) is 6.42 Å². The molecular formula is C12H15N. The van der Waals surface area contributed by atoms with Crippen molar-refractivity contribution in [1.29, 1.82) is 0 Å². The van der Waals surface area contributed by atoms with Gasteiger partial charge in [-0.1, -0.05) is 30.9 Å². The fraction of sp³-hybridized carbons (Fsp3) is 0.333. The molecular weight excluding hydrogens is 158 g/mol. The second-order valence-electron chi connectivity index (χ2n) is 3.78. The fourth-order valence-corrected chi connectivity index (χ4v) is 1.76. The van der Waals surface area contributed by atoms with Gasteiger partial charge < -0.3 is 4.90 Å². The summed E-state index contributed by atoms with van der Waals surface area (Å²) in [4.78, 5) is 2.35. The average molecular weight is 173 g/mol. The van der Waals surface area contributed by atoms with Crippen molar-refractivity contribution in [2.75, 3.05) is 20.1 Å². The Labute approximate surface area is 79.7 Å².